The average molecular weight is 233 g/mol. The SMILES string of the molecule is CCCS(=O)(=O)N1CC2CCC(O)C2C1. The van der Waals surface area contributed by atoms with Gasteiger partial charge in [-0.25, -0.2) is 12.7 Å². The first-order valence-electron chi connectivity index (χ1n) is 5.70. The molecule has 0 aromatic rings. The number of hydrogen-bond donors (Lipinski definition) is 1. The molecule has 3 atom stereocenters. The zero-order valence-electron chi connectivity index (χ0n) is 9.09. The van der Waals surface area contributed by atoms with Gasteiger partial charge in [0, 0.05) is 19.0 Å². The van der Waals surface area contributed by atoms with E-state index in [2.05, 4.69) is 0 Å². The summed E-state index contributed by atoms with van der Waals surface area (Å²) in [5, 5.41) is 9.69. The van der Waals surface area contributed by atoms with Crippen LogP contribution in [0.25, 0.3) is 0 Å². The van der Waals surface area contributed by atoms with Gasteiger partial charge in [-0.15, -0.1) is 0 Å². The normalized spacial score (nSPS) is 37.1. The maximum absolute atomic E-state index is 11.8. The molecule has 1 aliphatic heterocycles. The van der Waals surface area contributed by atoms with E-state index in [1.54, 1.807) is 4.31 Å². The molecule has 4 nitrogen and oxygen atoms in total. The zero-order chi connectivity index (χ0) is 11.1. The number of aliphatic hydroxyl groups is 1. The van der Waals surface area contributed by atoms with E-state index in [1.165, 1.54) is 0 Å². The summed E-state index contributed by atoms with van der Waals surface area (Å²) in [7, 11) is -3.05. The Hall–Kier alpha value is -0.130. The Labute approximate surface area is 91.3 Å². The first-order valence-corrected chi connectivity index (χ1v) is 7.31. The van der Waals surface area contributed by atoms with E-state index in [0.717, 1.165) is 12.8 Å². The van der Waals surface area contributed by atoms with Crippen LogP contribution in [0, 0.1) is 11.8 Å². The fraction of sp³-hybridized carbons (Fsp3) is 1.00. The first kappa shape index (κ1) is 11.4. The molecule has 1 N–H and O–H groups in total. The van der Waals surface area contributed by atoms with Crippen molar-refractivity contribution < 1.29 is 13.5 Å². The van der Waals surface area contributed by atoms with E-state index in [1.807, 2.05) is 6.92 Å². The third-order valence-electron chi connectivity index (χ3n) is 3.64. The standard InChI is InChI=1S/C10H19NO3S/c1-2-5-15(13,14)11-6-8-3-4-10(12)9(8)7-11/h8-10,12H,2-7H2,1H3. The predicted molar refractivity (Wildman–Crippen MR) is 57.9 cm³/mol. The molecule has 2 aliphatic rings. The molecule has 2 fully saturated rings. The van der Waals surface area contributed by atoms with E-state index in [4.69, 9.17) is 0 Å². The number of fused-ring (bicyclic) bond motifs is 1. The van der Waals surface area contributed by atoms with Crippen LogP contribution in [0.2, 0.25) is 0 Å². The van der Waals surface area contributed by atoms with Crippen molar-refractivity contribution in [3.8, 4) is 0 Å². The quantitative estimate of drug-likeness (QED) is 0.769. The van der Waals surface area contributed by atoms with Gasteiger partial charge >= 0.3 is 0 Å². The van der Waals surface area contributed by atoms with Gasteiger partial charge < -0.3 is 5.11 Å². The van der Waals surface area contributed by atoms with Gasteiger partial charge in [-0.3, -0.25) is 0 Å². The maximum atomic E-state index is 11.8. The molecule has 2 rings (SSSR count). The fourth-order valence-electron chi connectivity index (χ4n) is 2.81. The Balaban J connectivity index is 2.05. The van der Waals surface area contributed by atoms with Crippen LogP contribution >= 0.6 is 0 Å². The highest BCUT2D eigenvalue weighted by atomic mass is 32.2. The summed E-state index contributed by atoms with van der Waals surface area (Å²) >= 11 is 0. The Bertz CT molecular complexity index is 328. The second kappa shape index (κ2) is 4.03. The topological polar surface area (TPSA) is 57.6 Å². The highest BCUT2D eigenvalue weighted by molar-refractivity contribution is 7.89. The lowest BCUT2D eigenvalue weighted by Crippen LogP contribution is -2.32. The molecule has 1 aliphatic carbocycles. The van der Waals surface area contributed by atoms with Crippen molar-refractivity contribution in [1.82, 2.24) is 4.31 Å². The Morgan fingerprint density at radius 3 is 2.67 bits per heavy atom. The lowest BCUT2D eigenvalue weighted by atomic mass is 10.00. The molecule has 0 aromatic heterocycles. The molecule has 15 heavy (non-hydrogen) atoms. The lowest BCUT2D eigenvalue weighted by Gasteiger charge is -2.17. The van der Waals surface area contributed by atoms with Gasteiger partial charge in [0.2, 0.25) is 10.0 Å². The van der Waals surface area contributed by atoms with Crippen LogP contribution < -0.4 is 0 Å². The summed E-state index contributed by atoms with van der Waals surface area (Å²) in [6.45, 7) is 3.04. The molecule has 88 valence electrons. The summed E-state index contributed by atoms with van der Waals surface area (Å²) in [6, 6.07) is 0. The molecule has 1 heterocycles. The summed E-state index contributed by atoms with van der Waals surface area (Å²) in [4.78, 5) is 0. The predicted octanol–water partition coefficient (Wildman–Crippen LogP) is 0.429. The van der Waals surface area contributed by atoms with Crippen molar-refractivity contribution in [2.24, 2.45) is 11.8 Å². The second-order valence-electron chi connectivity index (χ2n) is 4.70. The van der Waals surface area contributed by atoms with Gasteiger partial charge in [-0.05, 0) is 25.2 Å². The van der Waals surface area contributed by atoms with Gasteiger partial charge in [0.25, 0.3) is 0 Å². The van der Waals surface area contributed by atoms with Crippen LogP contribution in [-0.2, 0) is 10.0 Å². The lowest BCUT2D eigenvalue weighted by molar-refractivity contribution is 0.129. The van der Waals surface area contributed by atoms with Crippen molar-refractivity contribution in [3.63, 3.8) is 0 Å². The Kier molecular flexibility index (Phi) is 3.05. The summed E-state index contributed by atoms with van der Waals surface area (Å²) in [6.07, 6.45) is 2.20. The van der Waals surface area contributed by atoms with Gasteiger partial charge in [0.15, 0.2) is 0 Å². The molecular formula is C10H19NO3S. The second-order valence-corrected chi connectivity index (χ2v) is 6.79. The van der Waals surface area contributed by atoms with Crippen LogP contribution in [0.15, 0.2) is 0 Å². The van der Waals surface area contributed by atoms with Crippen molar-refractivity contribution in [2.45, 2.75) is 32.3 Å². The fourth-order valence-corrected chi connectivity index (χ4v) is 4.40. The minimum Gasteiger partial charge on any atom is -0.393 e. The number of sulfonamides is 1. The van der Waals surface area contributed by atoms with Crippen LogP contribution in [-0.4, -0.2) is 42.8 Å². The van der Waals surface area contributed by atoms with Crippen LogP contribution in [0.3, 0.4) is 0 Å². The maximum Gasteiger partial charge on any atom is 0.214 e. The molecule has 0 radical (unpaired) electrons. The summed E-state index contributed by atoms with van der Waals surface area (Å²) in [5.41, 5.74) is 0. The van der Waals surface area contributed by atoms with E-state index in [-0.39, 0.29) is 17.8 Å². The van der Waals surface area contributed by atoms with Crippen molar-refractivity contribution >= 4 is 10.0 Å². The molecule has 0 aromatic carbocycles. The van der Waals surface area contributed by atoms with Crippen LogP contribution in [0.1, 0.15) is 26.2 Å². The van der Waals surface area contributed by atoms with Gasteiger partial charge in [0.1, 0.15) is 0 Å². The molecule has 3 unspecified atom stereocenters. The summed E-state index contributed by atoms with van der Waals surface area (Å²) < 4.78 is 25.2. The van der Waals surface area contributed by atoms with Gasteiger partial charge in [0.05, 0.1) is 11.9 Å². The number of hydrogen-bond acceptors (Lipinski definition) is 3. The molecule has 0 amide bonds. The number of aliphatic hydroxyl groups excluding tert-OH is 1. The molecule has 1 saturated carbocycles. The van der Waals surface area contributed by atoms with E-state index < -0.39 is 10.0 Å². The molecule has 0 bridgehead atoms. The molecule has 0 spiro atoms. The minimum atomic E-state index is -3.05. The largest absolute Gasteiger partial charge is 0.393 e. The van der Waals surface area contributed by atoms with E-state index >= 15 is 0 Å². The Morgan fingerprint density at radius 1 is 1.33 bits per heavy atom. The highest BCUT2D eigenvalue weighted by Crippen LogP contribution is 2.39. The third kappa shape index (κ3) is 2.05. The van der Waals surface area contributed by atoms with Crippen LogP contribution in [0.4, 0.5) is 0 Å². The monoisotopic (exact) mass is 233 g/mol. The highest BCUT2D eigenvalue weighted by Gasteiger charge is 2.44. The third-order valence-corrected chi connectivity index (χ3v) is 5.65. The molecule has 5 heteroatoms. The number of rotatable bonds is 3. The molecule has 1 saturated heterocycles. The average Bonchev–Trinajstić information content (AvgIpc) is 2.69. The molecular weight excluding hydrogens is 214 g/mol. The van der Waals surface area contributed by atoms with Crippen molar-refractivity contribution in [3.05, 3.63) is 0 Å². The summed E-state index contributed by atoms with van der Waals surface area (Å²) in [5.74, 6) is 0.825. The smallest absolute Gasteiger partial charge is 0.214 e. The van der Waals surface area contributed by atoms with Crippen LogP contribution in [0.5, 0.6) is 0 Å². The zero-order valence-corrected chi connectivity index (χ0v) is 9.91. The van der Waals surface area contributed by atoms with E-state index in [9.17, 15) is 13.5 Å². The minimum absolute atomic E-state index is 0.191. The number of nitrogens with zero attached hydrogens (tertiary/aromatic N) is 1. The first-order chi connectivity index (χ1) is 7.04. The van der Waals surface area contributed by atoms with Gasteiger partial charge in [-0.2, -0.15) is 0 Å². The van der Waals surface area contributed by atoms with Gasteiger partial charge in [-0.1, -0.05) is 6.92 Å². The Morgan fingerprint density at radius 2 is 2.07 bits per heavy atom. The van der Waals surface area contributed by atoms with Crippen molar-refractivity contribution in [1.29, 1.82) is 0 Å². The van der Waals surface area contributed by atoms with E-state index in [0.29, 0.717) is 25.4 Å². The van der Waals surface area contributed by atoms with Crippen molar-refractivity contribution in [2.75, 3.05) is 18.8 Å².